The van der Waals surface area contributed by atoms with Gasteiger partial charge in [-0.05, 0) is 49.4 Å². The molecule has 5 N–H and O–H groups in total. The maximum absolute atomic E-state index is 14.3. The summed E-state index contributed by atoms with van der Waals surface area (Å²) >= 11 is 1.09. The Morgan fingerprint density at radius 2 is 1.75 bits per heavy atom. The molecular weight excluding hydrogens is 541 g/mol. The molecule has 1 heterocycles. The molecular formula is C28H28FN3O7S. The second-order valence-electron chi connectivity index (χ2n) is 9.14. The van der Waals surface area contributed by atoms with Crippen LogP contribution in [0.2, 0.25) is 0 Å². The molecule has 0 aliphatic rings. The SMILES string of the molecule is CN(Cc1ccc(C(=O)Oc2ccc(C(=N)N)cc2F)s1)[C@H](Cc1ccccc1)C(=O)C[C@H](CC(=O)O)C(=O)O. The Morgan fingerprint density at radius 3 is 2.35 bits per heavy atom. The number of halogens is 1. The predicted octanol–water partition coefficient (Wildman–Crippen LogP) is 3.57. The fraction of sp³-hybridized carbons (Fsp3) is 0.250. The van der Waals surface area contributed by atoms with E-state index in [4.69, 9.17) is 21.0 Å². The van der Waals surface area contributed by atoms with Crippen LogP contribution < -0.4 is 10.5 Å². The molecule has 0 saturated carbocycles. The van der Waals surface area contributed by atoms with Crippen molar-refractivity contribution in [2.75, 3.05) is 7.05 Å². The summed E-state index contributed by atoms with van der Waals surface area (Å²) < 4.78 is 19.4. The molecule has 0 radical (unpaired) electrons. The number of benzene rings is 2. The zero-order valence-corrected chi connectivity index (χ0v) is 22.3. The second-order valence-corrected chi connectivity index (χ2v) is 10.3. The van der Waals surface area contributed by atoms with Crippen molar-refractivity contribution in [3.8, 4) is 5.75 Å². The molecule has 10 nitrogen and oxygen atoms in total. The maximum atomic E-state index is 14.3. The van der Waals surface area contributed by atoms with E-state index in [0.29, 0.717) is 4.88 Å². The molecule has 210 valence electrons. The second kappa shape index (κ2) is 13.6. The number of Topliss-reactive ketones (excluding diaryl/α,β-unsaturated/α-hetero) is 1. The van der Waals surface area contributed by atoms with E-state index in [1.54, 1.807) is 18.0 Å². The molecule has 0 aliphatic carbocycles. The van der Waals surface area contributed by atoms with E-state index < -0.39 is 54.3 Å². The number of carboxylic acids is 2. The standard InChI is InChI=1S/C28H28FN3O7S/c1-32(21(11-16-5-3-2-4-6-16)22(33)13-18(27(36)37)14-25(34)35)15-19-8-10-24(40-19)28(38)39-23-9-7-17(26(30)31)12-20(23)29/h2-10,12,18,21H,11,13-15H2,1H3,(H3,30,31)(H,34,35)(H,36,37)/t18-,21-/m1/s1. The van der Waals surface area contributed by atoms with Gasteiger partial charge in [0.1, 0.15) is 10.7 Å². The number of nitrogens with two attached hydrogens (primary N) is 1. The highest BCUT2D eigenvalue weighted by Gasteiger charge is 2.30. The van der Waals surface area contributed by atoms with E-state index in [9.17, 15) is 28.7 Å². The van der Waals surface area contributed by atoms with Gasteiger partial charge in [0.2, 0.25) is 0 Å². The van der Waals surface area contributed by atoms with Gasteiger partial charge in [0, 0.05) is 23.4 Å². The van der Waals surface area contributed by atoms with Gasteiger partial charge in [0.15, 0.2) is 17.3 Å². The first-order valence-electron chi connectivity index (χ1n) is 12.1. The maximum Gasteiger partial charge on any atom is 0.353 e. The first-order valence-corrected chi connectivity index (χ1v) is 12.9. The molecule has 0 saturated heterocycles. The predicted molar refractivity (Wildman–Crippen MR) is 145 cm³/mol. The Morgan fingerprint density at radius 1 is 1.05 bits per heavy atom. The van der Waals surface area contributed by atoms with Crippen LogP contribution in [-0.2, 0) is 27.3 Å². The van der Waals surface area contributed by atoms with Gasteiger partial charge in [0.05, 0.1) is 18.4 Å². The first kappa shape index (κ1) is 30.1. The number of esters is 1. The quantitative estimate of drug-likeness (QED) is 0.0980. The monoisotopic (exact) mass is 569 g/mol. The van der Waals surface area contributed by atoms with Crippen molar-refractivity contribution in [2.24, 2.45) is 11.7 Å². The van der Waals surface area contributed by atoms with Gasteiger partial charge in [-0.15, -0.1) is 11.3 Å². The van der Waals surface area contributed by atoms with E-state index in [0.717, 1.165) is 23.0 Å². The lowest BCUT2D eigenvalue weighted by Crippen LogP contribution is -2.41. The molecule has 12 heteroatoms. The number of ether oxygens (including phenoxy) is 1. The molecule has 2 atom stereocenters. The van der Waals surface area contributed by atoms with Crippen molar-refractivity contribution >= 4 is 40.9 Å². The van der Waals surface area contributed by atoms with Crippen LogP contribution in [0.15, 0.2) is 60.7 Å². The van der Waals surface area contributed by atoms with Crippen LogP contribution in [-0.4, -0.2) is 57.7 Å². The average Bonchev–Trinajstić information content (AvgIpc) is 3.36. The lowest BCUT2D eigenvalue weighted by Gasteiger charge is -2.27. The molecule has 1 aromatic heterocycles. The number of carbonyl (C=O) groups is 4. The fourth-order valence-corrected chi connectivity index (χ4v) is 4.97. The van der Waals surface area contributed by atoms with Gasteiger partial charge in [-0.25, -0.2) is 9.18 Å². The van der Waals surface area contributed by atoms with E-state index in [2.05, 4.69) is 0 Å². The van der Waals surface area contributed by atoms with Crippen LogP contribution in [0.25, 0.3) is 0 Å². The smallest absolute Gasteiger partial charge is 0.353 e. The molecule has 0 amide bonds. The topological polar surface area (TPSA) is 171 Å². The number of likely N-dealkylation sites (N-methyl/N-ethyl adjacent to an activating group) is 1. The third-order valence-electron chi connectivity index (χ3n) is 6.11. The number of nitrogens with zero attached hydrogens (tertiary/aromatic N) is 1. The van der Waals surface area contributed by atoms with E-state index in [1.807, 2.05) is 30.3 Å². The summed E-state index contributed by atoms with van der Waals surface area (Å²) in [7, 11) is 1.68. The zero-order valence-electron chi connectivity index (χ0n) is 21.5. The number of carbonyl (C=O) groups excluding carboxylic acids is 2. The van der Waals surface area contributed by atoms with Crippen LogP contribution in [0.4, 0.5) is 4.39 Å². The number of carboxylic acid groups (broad SMARTS) is 2. The number of hydrogen-bond donors (Lipinski definition) is 4. The number of nitrogen functional groups attached to an aromatic ring is 1. The highest BCUT2D eigenvalue weighted by molar-refractivity contribution is 7.13. The molecule has 0 bridgehead atoms. The van der Waals surface area contributed by atoms with Gasteiger partial charge >= 0.3 is 17.9 Å². The van der Waals surface area contributed by atoms with Crippen LogP contribution >= 0.6 is 11.3 Å². The van der Waals surface area contributed by atoms with Crippen molar-refractivity contribution in [3.63, 3.8) is 0 Å². The van der Waals surface area contributed by atoms with Crippen LogP contribution in [0, 0.1) is 17.1 Å². The summed E-state index contributed by atoms with van der Waals surface area (Å²) in [5.41, 5.74) is 6.33. The first-order chi connectivity index (χ1) is 18.9. The van der Waals surface area contributed by atoms with Gasteiger partial charge in [0.25, 0.3) is 0 Å². The number of ketones is 1. The summed E-state index contributed by atoms with van der Waals surface area (Å²) in [5, 5.41) is 25.8. The molecule has 0 fully saturated rings. The Kier molecular flexibility index (Phi) is 10.2. The highest BCUT2D eigenvalue weighted by atomic mass is 32.1. The van der Waals surface area contributed by atoms with Gasteiger partial charge < -0.3 is 20.7 Å². The van der Waals surface area contributed by atoms with Crippen molar-refractivity contribution < 1.29 is 38.5 Å². The number of hydrogen-bond acceptors (Lipinski definition) is 8. The van der Waals surface area contributed by atoms with Crippen LogP contribution in [0.1, 0.15) is 38.5 Å². The molecule has 0 aliphatic heterocycles. The van der Waals surface area contributed by atoms with Gasteiger partial charge in [-0.3, -0.25) is 24.7 Å². The summed E-state index contributed by atoms with van der Waals surface area (Å²) in [6.45, 7) is 0.222. The van der Waals surface area contributed by atoms with E-state index in [-0.39, 0.29) is 35.0 Å². The lowest BCUT2D eigenvalue weighted by atomic mass is 9.92. The molecule has 2 aromatic carbocycles. The lowest BCUT2D eigenvalue weighted by molar-refractivity contribution is -0.149. The number of amidine groups is 1. The number of rotatable bonds is 14. The number of thiophene rings is 1. The highest BCUT2D eigenvalue weighted by Crippen LogP contribution is 2.25. The normalized spacial score (nSPS) is 12.5. The minimum Gasteiger partial charge on any atom is -0.481 e. The largest absolute Gasteiger partial charge is 0.481 e. The van der Waals surface area contributed by atoms with Gasteiger partial charge in [-0.1, -0.05) is 30.3 Å². The van der Waals surface area contributed by atoms with Crippen molar-refractivity contribution in [2.45, 2.75) is 31.8 Å². The summed E-state index contributed by atoms with van der Waals surface area (Å²) in [6.07, 6.45) is -0.845. The molecule has 40 heavy (non-hydrogen) atoms. The molecule has 0 unspecified atom stereocenters. The third-order valence-corrected chi connectivity index (χ3v) is 7.16. The van der Waals surface area contributed by atoms with E-state index in [1.165, 1.54) is 18.2 Å². The van der Waals surface area contributed by atoms with Crippen molar-refractivity contribution in [1.29, 1.82) is 5.41 Å². The zero-order chi connectivity index (χ0) is 29.4. The number of aliphatic carboxylic acids is 2. The third kappa shape index (κ3) is 8.29. The summed E-state index contributed by atoms with van der Waals surface area (Å²) in [5.74, 6) is -6.71. The Labute approximate surface area is 233 Å². The Bertz CT molecular complexity index is 1410. The van der Waals surface area contributed by atoms with Crippen molar-refractivity contribution in [3.05, 3.63) is 87.4 Å². The van der Waals surface area contributed by atoms with E-state index >= 15 is 0 Å². The van der Waals surface area contributed by atoms with Crippen LogP contribution in [0.5, 0.6) is 5.75 Å². The fourth-order valence-electron chi connectivity index (χ4n) is 4.02. The molecule has 3 rings (SSSR count). The average molecular weight is 570 g/mol. The minimum absolute atomic E-state index is 0.149. The molecule has 3 aromatic rings. The number of nitrogens with one attached hydrogen (secondary N) is 1. The van der Waals surface area contributed by atoms with Gasteiger partial charge in [-0.2, -0.15) is 0 Å². The summed E-state index contributed by atoms with van der Waals surface area (Å²) in [4.78, 5) is 51.2. The molecule has 0 spiro atoms. The van der Waals surface area contributed by atoms with Crippen LogP contribution in [0.3, 0.4) is 0 Å². The van der Waals surface area contributed by atoms with Crippen molar-refractivity contribution in [1.82, 2.24) is 4.90 Å². The Hall–Kier alpha value is -4.42. The Balaban J connectivity index is 1.74. The minimum atomic E-state index is -1.36. The summed E-state index contributed by atoms with van der Waals surface area (Å²) in [6, 6.07) is 15.1.